The van der Waals surface area contributed by atoms with E-state index in [1.165, 1.54) is 12.0 Å². The lowest BCUT2D eigenvalue weighted by Gasteiger charge is -2.31. The fourth-order valence-corrected chi connectivity index (χ4v) is 4.01. The van der Waals surface area contributed by atoms with Crippen molar-refractivity contribution in [1.29, 1.82) is 0 Å². The van der Waals surface area contributed by atoms with Gasteiger partial charge in [0.05, 0.1) is 5.60 Å². The fraction of sp³-hybridized carbons (Fsp3) is 0.529. The molecule has 0 amide bonds. The van der Waals surface area contributed by atoms with Crippen LogP contribution in [0.4, 0.5) is 0 Å². The van der Waals surface area contributed by atoms with Crippen molar-refractivity contribution in [1.82, 2.24) is 14.8 Å². The molecule has 0 aliphatic heterocycles. The minimum atomic E-state index is -0.529. The van der Waals surface area contributed by atoms with Gasteiger partial charge in [0, 0.05) is 18.4 Å². The Morgan fingerprint density at radius 2 is 1.82 bits per heavy atom. The third-order valence-corrected chi connectivity index (χ3v) is 5.69. The van der Waals surface area contributed by atoms with Gasteiger partial charge < -0.3 is 9.67 Å². The maximum absolute atomic E-state index is 10.6. The number of rotatable bonds is 4. The first-order valence-corrected chi connectivity index (χ1v) is 8.88. The topological polar surface area (TPSA) is 50.9 Å². The molecule has 0 saturated heterocycles. The molecule has 0 bridgehead atoms. The minimum Gasteiger partial charge on any atom is -0.389 e. The van der Waals surface area contributed by atoms with Crippen molar-refractivity contribution >= 4 is 11.8 Å². The van der Waals surface area contributed by atoms with Crippen molar-refractivity contribution in [2.45, 2.75) is 49.8 Å². The van der Waals surface area contributed by atoms with E-state index in [0.29, 0.717) is 5.75 Å². The predicted molar refractivity (Wildman–Crippen MR) is 89.9 cm³/mol. The highest BCUT2D eigenvalue weighted by Gasteiger charge is 2.29. The van der Waals surface area contributed by atoms with E-state index >= 15 is 0 Å². The van der Waals surface area contributed by atoms with Crippen molar-refractivity contribution in [2.24, 2.45) is 7.05 Å². The lowest BCUT2D eigenvalue weighted by Crippen LogP contribution is -2.34. The van der Waals surface area contributed by atoms with Gasteiger partial charge in [-0.3, -0.25) is 0 Å². The molecule has 0 atom stereocenters. The molecule has 0 radical (unpaired) electrons. The molecule has 1 aliphatic carbocycles. The number of thioether (sulfide) groups is 1. The molecule has 118 valence electrons. The maximum atomic E-state index is 10.6. The van der Waals surface area contributed by atoms with Gasteiger partial charge >= 0.3 is 0 Å². The van der Waals surface area contributed by atoms with Crippen molar-refractivity contribution in [2.75, 3.05) is 5.75 Å². The van der Waals surface area contributed by atoms with Gasteiger partial charge in [-0.25, -0.2) is 0 Å². The van der Waals surface area contributed by atoms with Crippen LogP contribution in [0.25, 0.3) is 11.4 Å². The highest BCUT2D eigenvalue weighted by molar-refractivity contribution is 7.99. The zero-order valence-corrected chi connectivity index (χ0v) is 14.1. The van der Waals surface area contributed by atoms with Gasteiger partial charge in [-0.2, -0.15) is 0 Å². The van der Waals surface area contributed by atoms with Crippen LogP contribution in [-0.4, -0.2) is 31.2 Å². The van der Waals surface area contributed by atoms with Crippen molar-refractivity contribution in [3.63, 3.8) is 0 Å². The smallest absolute Gasteiger partial charge is 0.191 e. The second-order valence-electron chi connectivity index (χ2n) is 6.30. The third kappa shape index (κ3) is 3.36. The first-order chi connectivity index (χ1) is 10.6. The molecule has 22 heavy (non-hydrogen) atoms. The van der Waals surface area contributed by atoms with Crippen molar-refractivity contribution < 1.29 is 5.11 Å². The van der Waals surface area contributed by atoms with E-state index in [-0.39, 0.29) is 0 Å². The van der Waals surface area contributed by atoms with Crippen LogP contribution in [0.15, 0.2) is 29.4 Å². The van der Waals surface area contributed by atoms with Gasteiger partial charge in [-0.05, 0) is 19.8 Å². The summed E-state index contributed by atoms with van der Waals surface area (Å²) in [4.78, 5) is 0. The third-order valence-electron chi connectivity index (χ3n) is 4.40. The van der Waals surface area contributed by atoms with Crippen LogP contribution in [0, 0.1) is 6.92 Å². The van der Waals surface area contributed by atoms with Crippen LogP contribution in [0.2, 0.25) is 0 Å². The lowest BCUT2D eigenvalue weighted by molar-refractivity contribution is 0.0272. The van der Waals surface area contributed by atoms with Gasteiger partial charge in [0.2, 0.25) is 0 Å². The molecular weight excluding hydrogens is 294 g/mol. The van der Waals surface area contributed by atoms with E-state index in [4.69, 9.17) is 0 Å². The number of benzene rings is 1. The Balaban J connectivity index is 1.72. The van der Waals surface area contributed by atoms with Gasteiger partial charge in [-0.1, -0.05) is 60.9 Å². The number of hydrogen-bond donors (Lipinski definition) is 1. The van der Waals surface area contributed by atoms with Gasteiger partial charge in [0.25, 0.3) is 0 Å². The molecule has 3 rings (SSSR count). The van der Waals surface area contributed by atoms with Crippen molar-refractivity contribution in [3.8, 4) is 11.4 Å². The Kier molecular flexibility index (Phi) is 4.54. The molecule has 1 fully saturated rings. The summed E-state index contributed by atoms with van der Waals surface area (Å²) >= 11 is 1.61. The van der Waals surface area contributed by atoms with Crippen LogP contribution in [0.3, 0.4) is 0 Å². The molecule has 1 aliphatic rings. The average molecular weight is 317 g/mol. The fourth-order valence-electron chi connectivity index (χ4n) is 2.95. The zero-order valence-electron chi connectivity index (χ0n) is 13.2. The SMILES string of the molecule is Cc1ccc(-c2nnc(SCC3(O)CCCCC3)n2C)cc1. The highest BCUT2D eigenvalue weighted by Crippen LogP contribution is 2.33. The molecule has 1 aromatic heterocycles. The number of aliphatic hydroxyl groups is 1. The minimum absolute atomic E-state index is 0.529. The van der Waals surface area contributed by atoms with E-state index in [9.17, 15) is 5.11 Å². The first-order valence-electron chi connectivity index (χ1n) is 7.89. The molecule has 5 heteroatoms. The first kappa shape index (κ1) is 15.6. The Morgan fingerprint density at radius 1 is 1.14 bits per heavy atom. The highest BCUT2D eigenvalue weighted by atomic mass is 32.2. The number of aryl methyl sites for hydroxylation is 1. The van der Waals surface area contributed by atoms with Gasteiger partial charge in [0.15, 0.2) is 11.0 Å². The molecular formula is C17H23N3OS. The Hall–Kier alpha value is -1.33. The van der Waals surface area contributed by atoms with Gasteiger partial charge in [0.1, 0.15) is 0 Å². The monoisotopic (exact) mass is 317 g/mol. The molecule has 1 heterocycles. The molecule has 0 spiro atoms. The Morgan fingerprint density at radius 3 is 2.50 bits per heavy atom. The second kappa shape index (κ2) is 6.42. The number of hydrogen-bond acceptors (Lipinski definition) is 4. The average Bonchev–Trinajstić information content (AvgIpc) is 2.88. The molecule has 1 aromatic carbocycles. The maximum Gasteiger partial charge on any atom is 0.191 e. The van der Waals surface area contributed by atoms with E-state index in [2.05, 4.69) is 41.4 Å². The predicted octanol–water partition coefficient (Wildman–Crippen LogP) is 3.58. The van der Waals surface area contributed by atoms with Gasteiger partial charge in [-0.15, -0.1) is 10.2 Å². The summed E-state index contributed by atoms with van der Waals surface area (Å²) in [5, 5.41) is 20.1. The summed E-state index contributed by atoms with van der Waals surface area (Å²) < 4.78 is 2.02. The molecule has 4 nitrogen and oxygen atoms in total. The molecule has 2 aromatic rings. The largest absolute Gasteiger partial charge is 0.389 e. The summed E-state index contributed by atoms with van der Waals surface area (Å²) in [6, 6.07) is 8.31. The van der Waals surface area contributed by atoms with Crippen LogP contribution < -0.4 is 0 Å². The molecule has 1 N–H and O–H groups in total. The lowest BCUT2D eigenvalue weighted by atomic mass is 9.86. The normalized spacial score (nSPS) is 17.6. The van der Waals surface area contributed by atoms with E-state index in [0.717, 1.165) is 42.2 Å². The summed E-state index contributed by atoms with van der Waals surface area (Å²) in [7, 11) is 1.99. The molecule has 1 saturated carbocycles. The van der Waals surface area contributed by atoms with E-state index in [1.54, 1.807) is 11.8 Å². The summed E-state index contributed by atoms with van der Waals surface area (Å²) in [6.45, 7) is 2.08. The number of nitrogens with zero attached hydrogens (tertiary/aromatic N) is 3. The van der Waals surface area contributed by atoms with E-state index in [1.807, 2.05) is 11.6 Å². The quantitative estimate of drug-likeness (QED) is 0.876. The second-order valence-corrected chi connectivity index (χ2v) is 7.25. The van der Waals surface area contributed by atoms with Crippen LogP contribution in [0.5, 0.6) is 0 Å². The van der Waals surface area contributed by atoms with E-state index < -0.39 is 5.60 Å². The summed E-state index contributed by atoms with van der Waals surface area (Å²) in [5.74, 6) is 1.57. The number of aromatic nitrogens is 3. The Labute approximate surface area is 136 Å². The Bertz CT molecular complexity index is 630. The van der Waals surface area contributed by atoms with Crippen LogP contribution in [-0.2, 0) is 7.05 Å². The molecule has 0 unspecified atom stereocenters. The van der Waals surface area contributed by atoms with Crippen LogP contribution >= 0.6 is 11.8 Å². The standard InChI is InChI=1S/C17H23N3OS/c1-13-6-8-14(9-7-13)15-18-19-16(20(15)2)22-12-17(21)10-4-3-5-11-17/h6-9,21H,3-5,10-12H2,1-2H3. The van der Waals surface area contributed by atoms with Crippen LogP contribution in [0.1, 0.15) is 37.7 Å². The van der Waals surface area contributed by atoms with Crippen molar-refractivity contribution in [3.05, 3.63) is 29.8 Å². The summed E-state index contributed by atoms with van der Waals surface area (Å²) in [5.41, 5.74) is 1.78. The zero-order chi connectivity index (χ0) is 15.6. The summed E-state index contributed by atoms with van der Waals surface area (Å²) in [6.07, 6.45) is 5.31.